The lowest BCUT2D eigenvalue weighted by Gasteiger charge is -2.31. The number of hydrogen-bond acceptors (Lipinski definition) is 2. The Morgan fingerprint density at radius 1 is 1.04 bits per heavy atom. The van der Waals surface area contributed by atoms with Gasteiger partial charge >= 0.3 is 0 Å². The summed E-state index contributed by atoms with van der Waals surface area (Å²) in [5.41, 5.74) is 1.95. The average molecular weight is 359 g/mol. The Balaban J connectivity index is 2.30. The molecule has 1 unspecified atom stereocenters. The van der Waals surface area contributed by atoms with E-state index in [-0.39, 0.29) is 11.8 Å². The van der Waals surface area contributed by atoms with E-state index in [1.165, 1.54) is 0 Å². The van der Waals surface area contributed by atoms with Crippen LogP contribution < -0.4 is 5.32 Å². The molecule has 2 aromatic carbocycles. The van der Waals surface area contributed by atoms with Gasteiger partial charge in [-0.1, -0.05) is 61.0 Å². The average Bonchev–Trinajstić information content (AvgIpc) is 2.65. The number of benzene rings is 2. The number of nitrogens with one attached hydrogen (secondary N) is 1. The van der Waals surface area contributed by atoms with Crippen LogP contribution in [0.25, 0.3) is 0 Å². The van der Waals surface area contributed by atoms with E-state index in [0.29, 0.717) is 24.4 Å². The van der Waals surface area contributed by atoms with E-state index < -0.39 is 6.04 Å². The number of rotatable bonds is 7. The Morgan fingerprint density at radius 2 is 1.68 bits per heavy atom. The van der Waals surface area contributed by atoms with Crippen molar-refractivity contribution in [2.45, 2.75) is 32.4 Å². The van der Waals surface area contributed by atoms with Crippen LogP contribution in [0.4, 0.5) is 0 Å². The third kappa shape index (κ3) is 5.33. The first-order valence-electron chi connectivity index (χ1n) is 8.34. The van der Waals surface area contributed by atoms with Crippen molar-refractivity contribution in [1.82, 2.24) is 10.2 Å². The number of carbonyl (C=O) groups excluding carboxylic acids is 2. The molecule has 1 N–H and O–H groups in total. The third-order valence-corrected chi connectivity index (χ3v) is 4.34. The van der Waals surface area contributed by atoms with E-state index in [4.69, 9.17) is 11.6 Å². The summed E-state index contributed by atoms with van der Waals surface area (Å²) in [7, 11) is 1.59. The van der Waals surface area contributed by atoms with Crippen molar-refractivity contribution in [2.24, 2.45) is 0 Å². The summed E-state index contributed by atoms with van der Waals surface area (Å²) in [6.45, 7) is 2.18. The molecule has 2 aromatic rings. The fourth-order valence-electron chi connectivity index (χ4n) is 2.71. The smallest absolute Gasteiger partial charge is 0.242 e. The molecule has 0 aliphatic carbocycles. The highest BCUT2D eigenvalue weighted by molar-refractivity contribution is 6.30. The predicted octanol–water partition coefficient (Wildman–Crippen LogP) is 3.44. The van der Waals surface area contributed by atoms with Gasteiger partial charge in [0.15, 0.2) is 0 Å². The maximum Gasteiger partial charge on any atom is 0.242 e. The molecule has 0 saturated carbocycles. The van der Waals surface area contributed by atoms with E-state index in [9.17, 15) is 9.59 Å². The maximum absolute atomic E-state index is 12.6. The van der Waals surface area contributed by atoms with Gasteiger partial charge in [0, 0.05) is 31.5 Å². The molecular weight excluding hydrogens is 336 g/mol. The van der Waals surface area contributed by atoms with E-state index in [0.717, 1.165) is 11.1 Å². The van der Waals surface area contributed by atoms with E-state index in [1.54, 1.807) is 31.0 Å². The van der Waals surface area contributed by atoms with Gasteiger partial charge in [0.1, 0.15) is 6.04 Å². The molecule has 0 spiro atoms. The minimum absolute atomic E-state index is 0.0560. The Hall–Kier alpha value is -2.33. The maximum atomic E-state index is 12.6. The van der Waals surface area contributed by atoms with Gasteiger partial charge in [-0.2, -0.15) is 0 Å². The van der Waals surface area contributed by atoms with Crippen LogP contribution in [0.2, 0.25) is 5.02 Å². The van der Waals surface area contributed by atoms with Crippen molar-refractivity contribution in [1.29, 1.82) is 0 Å². The Labute approximate surface area is 153 Å². The number of halogens is 1. The highest BCUT2D eigenvalue weighted by Gasteiger charge is 2.28. The highest BCUT2D eigenvalue weighted by Crippen LogP contribution is 2.17. The van der Waals surface area contributed by atoms with E-state index in [2.05, 4.69) is 5.32 Å². The summed E-state index contributed by atoms with van der Waals surface area (Å²) in [5, 5.41) is 3.33. The molecule has 4 nitrogen and oxygen atoms in total. The summed E-state index contributed by atoms with van der Waals surface area (Å²) in [6.07, 6.45) is 0.815. The molecule has 0 aromatic heterocycles. The van der Waals surface area contributed by atoms with Crippen LogP contribution in [0.3, 0.4) is 0 Å². The number of nitrogens with zero attached hydrogens (tertiary/aromatic N) is 1. The van der Waals surface area contributed by atoms with Gasteiger partial charge in [-0.05, 0) is 23.3 Å². The van der Waals surface area contributed by atoms with E-state index in [1.807, 2.05) is 42.5 Å². The van der Waals surface area contributed by atoms with E-state index >= 15 is 0 Å². The van der Waals surface area contributed by atoms with Crippen LogP contribution in [-0.4, -0.2) is 29.8 Å². The first-order valence-corrected chi connectivity index (χ1v) is 8.72. The van der Waals surface area contributed by atoms with Crippen molar-refractivity contribution < 1.29 is 9.59 Å². The van der Waals surface area contributed by atoms with Crippen molar-refractivity contribution >= 4 is 23.4 Å². The summed E-state index contributed by atoms with van der Waals surface area (Å²) < 4.78 is 0. The Bertz CT molecular complexity index is 701. The standard InChI is InChI=1S/C20H23ClN2O2/c1-3-19(24)23(14-16-9-11-17(21)12-10-16)18(20(25)22-2)13-15-7-5-4-6-8-15/h4-12,18H,3,13-14H2,1-2H3,(H,22,25). The molecule has 2 rings (SSSR count). The Kier molecular flexibility index (Phi) is 7.02. The quantitative estimate of drug-likeness (QED) is 0.824. The molecule has 0 radical (unpaired) electrons. The summed E-state index contributed by atoms with van der Waals surface area (Å²) >= 11 is 5.94. The number of amides is 2. The van der Waals surface area contributed by atoms with Crippen LogP contribution in [0.15, 0.2) is 54.6 Å². The van der Waals surface area contributed by atoms with Gasteiger partial charge in [0.25, 0.3) is 0 Å². The first kappa shape index (κ1) is 19.0. The summed E-state index contributed by atoms with van der Waals surface area (Å²) in [6, 6.07) is 16.5. The fourth-order valence-corrected chi connectivity index (χ4v) is 2.84. The molecule has 1 atom stereocenters. The number of carbonyl (C=O) groups is 2. The van der Waals surface area contributed by atoms with Crippen LogP contribution in [0.1, 0.15) is 24.5 Å². The van der Waals surface area contributed by atoms with Crippen LogP contribution in [0.5, 0.6) is 0 Å². The number of likely N-dealkylation sites (N-methyl/N-ethyl adjacent to an activating group) is 1. The Morgan fingerprint density at radius 3 is 2.24 bits per heavy atom. The van der Waals surface area contributed by atoms with Gasteiger partial charge in [-0.25, -0.2) is 0 Å². The fraction of sp³-hybridized carbons (Fsp3) is 0.300. The molecule has 0 fully saturated rings. The zero-order valence-electron chi connectivity index (χ0n) is 14.5. The molecule has 0 aliphatic heterocycles. The molecule has 0 bridgehead atoms. The van der Waals surface area contributed by atoms with Crippen molar-refractivity contribution in [3.63, 3.8) is 0 Å². The van der Waals surface area contributed by atoms with Crippen LogP contribution >= 0.6 is 11.6 Å². The van der Waals surface area contributed by atoms with Gasteiger partial charge in [-0.3, -0.25) is 9.59 Å². The van der Waals surface area contributed by atoms with Gasteiger partial charge in [-0.15, -0.1) is 0 Å². The molecular formula is C20H23ClN2O2. The molecule has 0 aliphatic rings. The van der Waals surface area contributed by atoms with Crippen LogP contribution in [-0.2, 0) is 22.6 Å². The minimum Gasteiger partial charge on any atom is -0.357 e. The second kappa shape index (κ2) is 9.23. The van der Waals surface area contributed by atoms with Crippen molar-refractivity contribution in [3.8, 4) is 0 Å². The summed E-state index contributed by atoms with van der Waals surface area (Å²) in [4.78, 5) is 26.7. The largest absolute Gasteiger partial charge is 0.357 e. The van der Waals surface area contributed by atoms with Crippen molar-refractivity contribution in [3.05, 3.63) is 70.7 Å². The van der Waals surface area contributed by atoms with Crippen LogP contribution in [0, 0.1) is 0 Å². The zero-order valence-corrected chi connectivity index (χ0v) is 15.3. The van der Waals surface area contributed by atoms with Crippen molar-refractivity contribution in [2.75, 3.05) is 7.05 Å². The zero-order chi connectivity index (χ0) is 18.2. The van der Waals surface area contributed by atoms with Gasteiger partial charge in [0.2, 0.25) is 11.8 Å². The van der Waals surface area contributed by atoms with Gasteiger partial charge in [0.05, 0.1) is 0 Å². The molecule has 25 heavy (non-hydrogen) atoms. The second-order valence-corrected chi connectivity index (χ2v) is 6.26. The topological polar surface area (TPSA) is 49.4 Å². The van der Waals surface area contributed by atoms with Gasteiger partial charge < -0.3 is 10.2 Å². The molecule has 0 heterocycles. The lowest BCUT2D eigenvalue weighted by Crippen LogP contribution is -2.49. The first-order chi connectivity index (χ1) is 12.0. The second-order valence-electron chi connectivity index (χ2n) is 5.82. The minimum atomic E-state index is -0.560. The third-order valence-electron chi connectivity index (χ3n) is 4.09. The molecule has 132 valence electrons. The highest BCUT2D eigenvalue weighted by atomic mass is 35.5. The SMILES string of the molecule is CCC(=O)N(Cc1ccc(Cl)cc1)C(Cc1ccccc1)C(=O)NC. The summed E-state index contributed by atoms with van der Waals surface area (Å²) in [5.74, 6) is -0.223. The predicted molar refractivity (Wildman–Crippen MR) is 100 cm³/mol. The lowest BCUT2D eigenvalue weighted by atomic mass is 10.0. The molecule has 0 saturated heterocycles. The molecule has 5 heteroatoms. The normalized spacial score (nSPS) is 11.6. The number of hydrogen-bond donors (Lipinski definition) is 1. The lowest BCUT2D eigenvalue weighted by molar-refractivity contribution is -0.140. The molecule has 2 amide bonds. The monoisotopic (exact) mass is 358 g/mol.